The fourth-order valence-electron chi connectivity index (χ4n) is 3.55. The molecule has 1 saturated heterocycles. The molecule has 1 aromatic heterocycles. The molecule has 1 aliphatic heterocycles. The van der Waals surface area contributed by atoms with E-state index in [1.54, 1.807) is 11.0 Å². The zero-order chi connectivity index (χ0) is 16.2. The van der Waals surface area contributed by atoms with Crippen molar-refractivity contribution in [1.29, 1.82) is 0 Å². The quantitative estimate of drug-likeness (QED) is 0.836. The van der Waals surface area contributed by atoms with E-state index in [0.717, 1.165) is 12.8 Å². The lowest BCUT2D eigenvalue weighted by Crippen LogP contribution is -2.53. The summed E-state index contributed by atoms with van der Waals surface area (Å²) < 4.78 is 1.57. The maximum absolute atomic E-state index is 12.6. The molecule has 2 heterocycles. The number of hydrogen-bond acceptors (Lipinski definition) is 4. The first-order valence-corrected chi connectivity index (χ1v) is 8.58. The van der Waals surface area contributed by atoms with Gasteiger partial charge in [-0.15, -0.1) is 0 Å². The number of nitrogens with zero attached hydrogens (tertiary/aromatic N) is 5. The monoisotopic (exact) mass is 319 g/mol. The Hall–Kier alpha value is -1.92. The van der Waals surface area contributed by atoms with Crippen molar-refractivity contribution >= 4 is 11.8 Å². The van der Waals surface area contributed by atoms with Crippen LogP contribution in [-0.2, 0) is 9.59 Å². The molecule has 0 bridgehead atoms. The van der Waals surface area contributed by atoms with Crippen molar-refractivity contribution in [2.45, 2.75) is 45.1 Å². The summed E-state index contributed by atoms with van der Waals surface area (Å²) in [6.45, 7) is 4.33. The summed E-state index contributed by atoms with van der Waals surface area (Å²) in [7, 11) is 0. The Balaban J connectivity index is 1.51. The first-order chi connectivity index (χ1) is 11.2. The van der Waals surface area contributed by atoms with Crippen LogP contribution in [0.5, 0.6) is 0 Å². The van der Waals surface area contributed by atoms with Crippen molar-refractivity contribution in [3.05, 3.63) is 12.7 Å². The van der Waals surface area contributed by atoms with Crippen LogP contribution in [0.2, 0.25) is 0 Å². The summed E-state index contributed by atoms with van der Waals surface area (Å²) in [4.78, 5) is 32.7. The number of piperazine rings is 1. The molecule has 1 saturated carbocycles. The van der Waals surface area contributed by atoms with Gasteiger partial charge >= 0.3 is 0 Å². The molecule has 1 aromatic rings. The Labute approximate surface area is 136 Å². The van der Waals surface area contributed by atoms with Gasteiger partial charge in [-0.05, 0) is 19.8 Å². The van der Waals surface area contributed by atoms with Crippen LogP contribution in [0, 0.1) is 5.92 Å². The van der Waals surface area contributed by atoms with Crippen LogP contribution in [0.1, 0.15) is 45.1 Å². The van der Waals surface area contributed by atoms with E-state index in [9.17, 15) is 9.59 Å². The van der Waals surface area contributed by atoms with E-state index in [-0.39, 0.29) is 17.9 Å². The highest BCUT2D eigenvalue weighted by Gasteiger charge is 2.31. The summed E-state index contributed by atoms with van der Waals surface area (Å²) in [5.41, 5.74) is 0. The van der Waals surface area contributed by atoms with E-state index in [1.807, 2.05) is 16.7 Å². The average molecular weight is 319 g/mol. The Morgan fingerprint density at radius 3 is 2.30 bits per heavy atom. The Bertz CT molecular complexity index is 531. The molecular weight excluding hydrogens is 294 g/mol. The molecule has 3 rings (SSSR count). The van der Waals surface area contributed by atoms with Gasteiger partial charge in [-0.1, -0.05) is 19.3 Å². The van der Waals surface area contributed by atoms with Crippen molar-refractivity contribution in [2.75, 3.05) is 26.2 Å². The molecule has 1 atom stereocenters. The van der Waals surface area contributed by atoms with E-state index < -0.39 is 0 Å². The van der Waals surface area contributed by atoms with Gasteiger partial charge in [-0.2, -0.15) is 5.10 Å². The molecule has 126 valence electrons. The van der Waals surface area contributed by atoms with Crippen molar-refractivity contribution in [3.8, 4) is 0 Å². The molecule has 1 unspecified atom stereocenters. The van der Waals surface area contributed by atoms with Gasteiger partial charge in [0.1, 0.15) is 18.7 Å². The second kappa shape index (κ2) is 7.10. The minimum atomic E-state index is -0.349. The predicted octanol–water partition coefficient (Wildman–Crippen LogP) is 1.09. The van der Waals surface area contributed by atoms with Gasteiger partial charge in [-0.3, -0.25) is 9.59 Å². The first kappa shape index (κ1) is 16.0. The molecule has 23 heavy (non-hydrogen) atoms. The number of aromatic nitrogens is 3. The predicted molar refractivity (Wildman–Crippen MR) is 84.5 cm³/mol. The van der Waals surface area contributed by atoms with Crippen LogP contribution >= 0.6 is 0 Å². The van der Waals surface area contributed by atoms with Crippen molar-refractivity contribution in [3.63, 3.8) is 0 Å². The third-order valence-corrected chi connectivity index (χ3v) is 5.05. The van der Waals surface area contributed by atoms with Crippen LogP contribution in [0.25, 0.3) is 0 Å². The van der Waals surface area contributed by atoms with E-state index in [2.05, 4.69) is 10.1 Å². The molecule has 7 nitrogen and oxygen atoms in total. The molecular formula is C16H25N5O2. The number of carbonyl (C=O) groups excluding carboxylic acids is 2. The summed E-state index contributed by atoms with van der Waals surface area (Å²) >= 11 is 0. The lowest BCUT2D eigenvalue weighted by molar-refractivity contribution is -0.144. The van der Waals surface area contributed by atoms with Crippen LogP contribution < -0.4 is 0 Å². The fraction of sp³-hybridized carbons (Fsp3) is 0.750. The van der Waals surface area contributed by atoms with Crippen molar-refractivity contribution in [2.24, 2.45) is 5.92 Å². The standard InChI is InChI=1S/C16H25N5O2/c1-13(21-12-17-11-18-21)15(22)19-7-9-20(10-8-19)16(23)14-5-3-2-4-6-14/h11-14H,2-10H2,1H3. The van der Waals surface area contributed by atoms with Crippen LogP contribution in [-0.4, -0.2) is 62.6 Å². The van der Waals surface area contributed by atoms with Crippen molar-refractivity contribution in [1.82, 2.24) is 24.6 Å². The highest BCUT2D eigenvalue weighted by atomic mass is 16.2. The first-order valence-electron chi connectivity index (χ1n) is 8.58. The third kappa shape index (κ3) is 3.54. The minimum Gasteiger partial charge on any atom is -0.339 e. The Kier molecular flexibility index (Phi) is 4.93. The van der Waals surface area contributed by atoms with Gasteiger partial charge in [0.15, 0.2) is 0 Å². The molecule has 0 N–H and O–H groups in total. The summed E-state index contributed by atoms with van der Waals surface area (Å²) in [5.74, 6) is 0.543. The topological polar surface area (TPSA) is 71.3 Å². The summed E-state index contributed by atoms with van der Waals surface area (Å²) in [6.07, 6.45) is 8.65. The maximum atomic E-state index is 12.6. The second-order valence-corrected chi connectivity index (χ2v) is 6.54. The summed E-state index contributed by atoms with van der Waals surface area (Å²) in [5, 5.41) is 4.03. The van der Waals surface area contributed by atoms with Gasteiger partial charge in [-0.25, -0.2) is 9.67 Å². The van der Waals surface area contributed by atoms with E-state index >= 15 is 0 Å². The number of amides is 2. The lowest BCUT2D eigenvalue weighted by Gasteiger charge is -2.38. The van der Waals surface area contributed by atoms with E-state index in [1.165, 1.54) is 25.6 Å². The van der Waals surface area contributed by atoms with Gasteiger partial charge in [0.25, 0.3) is 0 Å². The highest BCUT2D eigenvalue weighted by molar-refractivity contribution is 5.81. The van der Waals surface area contributed by atoms with E-state index in [0.29, 0.717) is 32.1 Å². The average Bonchev–Trinajstić information content (AvgIpc) is 3.15. The fourth-order valence-corrected chi connectivity index (χ4v) is 3.55. The molecule has 2 fully saturated rings. The third-order valence-electron chi connectivity index (χ3n) is 5.05. The number of rotatable bonds is 3. The van der Waals surface area contributed by atoms with Gasteiger partial charge < -0.3 is 9.80 Å². The molecule has 2 amide bonds. The largest absolute Gasteiger partial charge is 0.339 e. The lowest BCUT2D eigenvalue weighted by atomic mass is 9.88. The highest BCUT2D eigenvalue weighted by Crippen LogP contribution is 2.26. The number of hydrogen-bond donors (Lipinski definition) is 0. The molecule has 0 spiro atoms. The van der Waals surface area contributed by atoms with Gasteiger partial charge in [0.2, 0.25) is 11.8 Å². The molecule has 0 radical (unpaired) electrons. The molecule has 2 aliphatic rings. The van der Waals surface area contributed by atoms with Gasteiger partial charge in [0.05, 0.1) is 0 Å². The zero-order valence-electron chi connectivity index (χ0n) is 13.7. The number of carbonyl (C=O) groups is 2. The van der Waals surface area contributed by atoms with Crippen molar-refractivity contribution < 1.29 is 9.59 Å². The van der Waals surface area contributed by atoms with Crippen LogP contribution in [0.4, 0.5) is 0 Å². The maximum Gasteiger partial charge on any atom is 0.247 e. The molecule has 1 aliphatic carbocycles. The van der Waals surface area contributed by atoms with Crippen LogP contribution in [0.15, 0.2) is 12.7 Å². The SMILES string of the molecule is CC(C(=O)N1CCN(C(=O)C2CCCCC2)CC1)n1cncn1. The molecule has 0 aromatic carbocycles. The minimum absolute atomic E-state index is 0.0419. The smallest absolute Gasteiger partial charge is 0.247 e. The van der Waals surface area contributed by atoms with Gasteiger partial charge in [0, 0.05) is 32.1 Å². The summed E-state index contributed by atoms with van der Waals surface area (Å²) in [6, 6.07) is -0.349. The van der Waals surface area contributed by atoms with Crippen LogP contribution in [0.3, 0.4) is 0 Å². The zero-order valence-corrected chi connectivity index (χ0v) is 13.7. The van der Waals surface area contributed by atoms with E-state index in [4.69, 9.17) is 0 Å². The normalized spacial score (nSPS) is 21.3. The Morgan fingerprint density at radius 1 is 1.04 bits per heavy atom. The Morgan fingerprint density at radius 2 is 1.70 bits per heavy atom. The molecule has 7 heteroatoms. The second-order valence-electron chi connectivity index (χ2n) is 6.54.